The second kappa shape index (κ2) is 5.62. The molecule has 2 N–H and O–H groups in total. The van der Waals surface area contributed by atoms with Crippen molar-refractivity contribution >= 4 is 5.91 Å². The second-order valence-corrected chi connectivity index (χ2v) is 3.58. The molecule has 0 spiro atoms. The summed E-state index contributed by atoms with van der Waals surface area (Å²) in [7, 11) is 3.14. The van der Waals surface area contributed by atoms with Crippen molar-refractivity contribution in [2.45, 2.75) is 19.6 Å². The molecular weight excluding hydrogens is 210 g/mol. The van der Waals surface area contributed by atoms with Gasteiger partial charge in [-0.3, -0.25) is 4.79 Å². The maximum Gasteiger partial charge on any atom is 0.253 e. The molecule has 1 aromatic rings. The third-order valence-corrected chi connectivity index (χ3v) is 2.23. The molecule has 1 heterocycles. The van der Waals surface area contributed by atoms with Gasteiger partial charge in [-0.1, -0.05) is 5.16 Å². The number of carbonyl (C=O) groups is 1. The zero-order chi connectivity index (χ0) is 12.1. The Hall–Kier alpha value is -1.40. The lowest BCUT2D eigenvalue weighted by atomic mass is 10.3. The number of methoxy groups -OCH3 is 1. The molecule has 6 heteroatoms. The van der Waals surface area contributed by atoms with Crippen molar-refractivity contribution < 1.29 is 14.1 Å². The molecule has 1 aromatic heterocycles. The summed E-state index contributed by atoms with van der Waals surface area (Å²) in [5, 5.41) is 3.81. The average molecular weight is 227 g/mol. The summed E-state index contributed by atoms with van der Waals surface area (Å²) in [4.78, 5) is 13.3. The lowest BCUT2D eigenvalue weighted by Crippen LogP contribution is -2.41. The molecule has 0 fully saturated rings. The number of amides is 1. The van der Waals surface area contributed by atoms with E-state index in [0.29, 0.717) is 12.2 Å². The van der Waals surface area contributed by atoms with Crippen molar-refractivity contribution in [3.8, 4) is 0 Å². The van der Waals surface area contributed by atoms with E-state index in [0.717, 1.165) is 5.76 Å². The first-order valence-electron chi connectivity index (χ1n) is 4.98. The van der Waals surface area contributed by atoms with Gasteiger partial charge in [0.2, 0.25) is 0 Å². The number of nitrogens with zero attached hydrogens (tertiary/aromatic N) is 2. The van der Waals surface area contributed by atoms with Crippen molar-refractivity contribution in [3.05, 3.63) is 17.5 Å². The highest BCUT2D eigenvalue weighted by Gasteiger charge is 2.20. The van der Waals surface area contributed by atoms with Crippen LogP contribution in [0.25, 0.3) is 0 Å². The van der Waals surface area contributed by atoms with Gasteiger partial charge in [-0.25, -0.2) is 0 Å². The van der Waals surface area contributed by atoms with Crippen LogP contribution in [0.3, 0.4) is 0 Å². The molecule has 0 aromatic carbocycles. The zero-order valence-electron chi connectivity index (χ0n) is 9.77. The first-order valence-corrected chi connectivity index (χ1v) is 4.98. The Bertz CT molecular complexity index is 347. The van der Waals surface area contributed by atoms with Crippen molar-refractivity contribution in [1.29, 1.82) is 0 Å². The largest absolute Gasteiger partial charge is 0.370 e. The van der Waals surface area contributed by atoms with Crippen LogP contribution in [0, 0.1) is 6.92 Å². The Morgan fingerprint density at radius 2 is 2.44 bits per heavy atom. The first kappa shape index (κ1) is 12.7. The molecule has 0 saturated heterocycles. The Morgan fingerprint density at radius 1 is 1.75 bits per heavy atom. The number of aromatic nitrogens is 1. The number of nitrogens with two attached hydrogens (primary N) is 1. The minimum absolute atomic E-state index is 0.161. The van der Waals surface area contributed by atoms with Crippen molar-refractivity contribution in [3.63, 3.8) is 0 Å². The van der Waals surface area contributed by atoms with Crippen molar-refractivity contribution in [2.75, 3.05) is 20.7 Å². The molecule has 0 aliphatic carbocycles. The zero-order valence-corrected chi connectivity index (χ0v) is 9.77. The van der Waals surface area contributed by atoms with E-state index in [2.05, 4.69) is 5.16 Å². The van der Waals surface area contributed by atoms with E-state index >= 15 is 0 Å². The number of carbonyl (C=O) groups excluding carboxylic acids is 1. The highest BCUT2D eigenvalue weighted by atomic mass is 16.5. The molecule has 0 bridgehead atoms. The molecule has 0 aliphatic rings. The van der Waals surface area contributed by atoms with Gasteiger partial charge in [0.05, 0.1) is 6.54 Å². The monoisotopic (exact) mass is 227 g/mol. The summed E-state index contributed by atoms with van der Waals surface area (Å²) in [5.74, 6) is 0.559. The Labute approximate surface area is 94.3 Å². The maximum atomic E-state index is 11.8. The standard InChI is InChI=1S/C10H17N3O3/c1-7-4-8(12-16-7)6-13(2)10(14)9(5-11)15-3/h4,9H,5-6,11H2,1-3H3. The van der Waals surface area contributed by atoms with E-state index in [9.17, 15) is 4.79 Å². The topological polar surface area (TPSA) is 81.6 Å². The van der Waals surface area contributed by atoms with Crippen LogP contribution in [0.15, 0.2) is 10.6 Å². The molecule has 0 aliphatic heterocycles. The molecule has 1 atom stereocenters. The van der Waals surface area contributed by atoms with Gasteiger partial charge in [-0.15, -0.1) is 0 Å². The molecule has 90 valence electrons. The Kier molecular flexibility index (Phi) is 4.45. The lowest BCUT2D eigenvalue weighted by Gasteiger charge is -2.20. The number of ether oxygens (including phenoxy) is 1. The number of hydrogen-bond acceptors (Lipinski definition) is 5. The van der Waals surface area contributed by atoms with Gasteiger partial charge in [0.15, 0.2) is 0 Å². The van der Waals surface area contributed by atoms with E-state index in [4.69, 9.17) is 15.0 Å². The number of rotatable bonds is 5. The second-order valence-electron chi connectivity index (χ2n) is 3.58. The first-order chi connectivity index (χ1) is 7.58. The normalized spacial score (nSPS) is 12.5. The molecule has 16 heavy (non-hydrogen) atoms. The van der Waals surface area contributed by atoms with Gasteiger partial charge in [-0.2, -0.15) is 0 Å². The SMILES string of the molecule is COC(CN)C(=O)N(C)Cc1cc(C)on1. The van der Waals surface area contributed by atoms with Crippen LogP contribution in [0.4, 0.5) is 0 Å². The predicted octanol–water partition coefficient (Wildman–Crippen LogP) is -0.0849. The number of likely N-dealkylation sites (N-methyl/N-ethyl adjacent to an activating group) is 1. The van der Waals surface area contributed by atoms with Gasteiger partial charge in [-0.05, 0) is 6.92 Å². The van der Waals surface area contributed by atoms with E-state index in [1.54, 1.807) is 20.0 Å². The number of aryl methyl sites for hydroxylation is 1. The minimum atomic E-state index is -0.599. The summed E-state index contributed by atoms with van der Waals surface area (Å²) >= 11 is 0. The van der Waals surface area contributed by atoms with Gasteiger partial charge < -0.3 is 19.9 Å². The fraction of sp³-hybridized carbons (Fsp3) is 0.600. The van der Waals surface area contributed by atoms with Crippen LogP contribution >= 0.6 is 0 Å². The van der Waals surface area contributed by atoms with Crippen LogP contribution in [-0.2, 0) is 16.1 Å². The van der Waals surface area contributed by atoms with Gasteiger partial charge >= 0.3 is 0 Å². The quantitative estimate of drug-likeness (QED) is 0.760. The predicted molar refractivity (Wildman–Crippen MR) is 57.6 cm³/mol. The van der Waals surface area contributed by atoms with E-state index in [1.807, 2.05) is 0 Å². The van der Waals surface area contributed by atoms with Gasteiger partial charge in [0.25, 0.3) is 5.91 Å². The van der Waals surface area contributed by atoms with Gasteiger partial charge in [0.1, 0.15) is 17.6 Å². The summed E-state index contributed by atoms with van der Waals surface area (Å²) in [6.45, 7) is 2.35. The summed E-state index contributed by atoms with van der Waals surface area (Å²) < 4.78 is 9.88. The lowest BCUT2D eigenvalue weighted by molar-refractivity contribution is -0.140. The Balaban J connectivity index is 2.57. The van der Waals surface area contributed by atoms with Crippen LogP contribution < -0.4 is 5.73 Å². The van der Waals surface area contributed by atoms with E-state index in [-0.39, 0.29) is 12.5 Å². The van der Waals surface area contributed by atoms with E-state index < -0.39 is 6.10 Å². The molecule has 0 radical (unpaired) electrons. The van der Waals surface area contributed by atoms with Crippen LogP contribution in [-0.4, -0.2) is 42.8 Å². The van der Waals surface area contributed by atoms with Crippen LogP contribution in [0.1, 0.15) is 11.5 Å². The summed E-state index contributed by atoms with van der Waals surface area (Å²) in [6, 6.07) is 1.79. The van der Waals surface area contributed by atoms with Crippen LogP contribution in [0.2, 0.25) is 0 Å². The molecule has 1 amide bonds. The summed E-state index contributed by atoms with van der Waals surface area (Å²) in [5.41, 5.74) is 6.12. The van der Waals surface area contributed by atoms with Crippen molar-refractivity contribution in [2.24, 2.45) is 5.73 Å². The maximum absolute atomic E-state index is 11.8. The third kappa shape index (κ3) is 3.04. The highest BCUT2D eigenvalue weighted by molar-refractivity contribution is 5.80. The average Bonchev–Trinajstić information content (AvgIpc) is 2.65. The molecule has 1 unspecified atom stereocenters. The van der Waals surface area contributed by atoms with Crippen LogP contribution in [0.5, 0.6) is 0 Å². The molecule has 1 rings (SSSR count). The molecular formula is C10H17N3O3. The fourth-order valence-corrected chi connectivity index (χ4v) is 1.36. The van der Waals surface area contributed by atoms with Gasteiger partial charge in [0, 0.05) is 26.8 Å². The number of hydrogen-bond donors (Lipinski definition) is 1. The third-order valence-electron chi connectivity index (χ3n) is 2.23. The minimum Gasteiger partial charge on any atom is -0.370 e. The fourth-order valence-electron chi connectivity index (χ4n) is 1.36. The molecule has 0 saturated carbocycles. The summed E-state index contributed by atoms with van der Waals surface area (Å²) in [6.07, 6.45) is -0.599. The molecule has 6 nitrogen and oxygen atoms in total. The highest BCUT2D eigenvalue weighted by Crippen LogP contribution is 2.06. The smallest absolute Gasteiger partial charge is 0.253 e. The van der Waals surface area contributed by atoms with E-state index in [1.165, 1.54) is 12.0 Å². The van der Waals surface area contributed by atoms with Crippen molar-refractivity contribution in [1.82, 2.24) is 10.1 Å². The Morgan fingerprint density at radius 3 is 2.88 bits per heavy atom.